The van der Waals surface area contributed by atoms with E-state index < -0.39 is 9.84 Å². The van der Waals surface area contributed by atoms with Gasteiger partial charge in [-0.3, -0.25) is 4.79 Å². The third-order valence-corrected chi connectivity index (χ3v) is 6.52. The molecule has 0 bridgehead atoms. The van der Waals surface area contributed by atoms with E-state index in [1.165, 1.54) is 0 Å². The van der Waals surface area contributed by atoms with Crippen molar-refractivity contribution in [1.82, 2.24) is 4.90 Å². The summed E-state index contributed by atoms with van der Waals surface area (Å²) in [7, 11) is -1.51. The zero-order chi connectivity index (χ0) is 18.7. The second kappa shape index (κ2) is 7.68. The van der Waals surface area contributed by atoms with Crippen molar-refractivity contribution < 1.29 is 17.9 Å². The van der Waals surface area contributed by atoms with E-state index in [1.807, 2.05) is 24.3 Å². The van der Waals surface area contributed by atoms with Crippen LogP contribution in [0.25, 0.3) is 0 Å². The fourth-order valence-electron chi connectivity index (χ4n) is 3.07. The second-order valence-corrected chi connectivity index (χ2v) is 9.01. The summed E-state index contributed by atoms with van der Waals surface area (Å²) >= 11 is 5.90. The first-order valence-electron chi connectivity index (χ1n) is 8.28. The monoisotopic (exact) mass is 393 g/mol. The van der Waals surface area contributed by atoms with Crippen molar-refractivity contribution in [3.63, 3.8) is 0 Å². The Bertz CT molecular complexity index is 879. The zero-order valence-corrected chi connectivity index (χ0v) is 16.0. The zero-order valence-electron chi connectivity index (χ0n) is 14.4. The quantitative estimate of drug-likeness (QED) is 0.782. The van der Waals surface area contributed by atoms with Crippen LogP contribution in [0.15, 0.2) is 48.5 Å². The number of sulfone groups is 1. The summed E-state index contributed by atoms with van der Waals surface area (Å²) in [5.41, 5.74) is 1.41. The van der Waals surface area contributed by atoms with Crippen LogP contribution in [0.2, 0.25) is 5.02 Å². The summed E-state index contributed by atoms with van der Waals surface area (Å²) in [5.74, 6) is 0.653. The molecule has 0 unspecified atom stereocenters. The second-order valence-electron chi connectivity index (χ2n) is 6.34. The number of benzene rings is 2. The summed E-state index contributed by atoms with van der Waals surface area (Å²) in [6, 6.07) is 13.7. The number of carbonyl (C=O) groups is 1. The van der Waals surface area contributed by atoms with Crippen molar-refractivity contribution in [3.05, 3.63) is 64.7 Å². The maximum Gasteiger partial charge on any atom is 0.254 e. The molecule has 0 saturated carbocycles. The van der Waals surface area contributed by atoms with Crippen LogP contribution in [0.4, 0.5) is 0 Å². The van der Waals surface area contributed by atoms with Gasteiger partial charge in [-0.1, -0.05) is 23.7 Å². The Balaban J connectivity index is 1.88. The highest BCUT2D eigenvalue weighted by Crippen LogP contribution is 2.23. The molecule has 138 valence electrons. The minimum absolute atomic E-state index is 0.00246. The molecule has 7 heteroatoms. The van der Waals surface area contributed by atoms with E-state index in [1.54, 1.807) is 36.3 Å². The number of hydrogen-bond acceptors (Lipinski definition) is 4. The Morgan fingerprint density at radius 2 is 1.81 bits per heavy atom. The van der Waals surface area contributed by atoms with Gasteiger partial charge < -0.3 is 9.64 Å². The average molecular weight is 394 g/mol. The molecule has 2 aromatic rings. The van der Waals surface area contributed by atoms with Crippen LogP contribution in [0.1, 0.15) is 22.3 Å². The van der Waals surface area contributed by atoms with Gasteiger partial charge in [-0.25, -0.2) is 8.42 Å². The van der Waals surface area contributed by atoms with Crippen molar-refractivity contribution in [2.75, 3.05) is 18.6 Å². The molecule has 26 heavy (non-hydrogen) atoms. The van der Waals surface area contributed by atoms with Gasteiger partial charge in [0.25, 0.3) is 5.91 Å². The largest absolute Gasteiger partial charge is 0.497 e. The van der Waals surface area contributed by atoms with Gasteiger partial charge >= 0.3 is 0 Å². The lowest BCUT2D eigenvalue weighted by Gasteiger charge is -2.28. The molecule has 0 radical (unpaired) electrons. The molecule has 0 aromatic heterocycles. The molecule has 2 aromatic carbocycles. The number of amides is 1. The molecule has 1 fully saturated rings. The van der Waals surface area contributed by atoms with Crippen LogP contribution >= 0.6 is 11.6 Å². The highest BCUT2D eigenvalue weighted by atomic mass is 35.5. The molecule has 1 amide bonds. The number of nitrogens with zero attached hydrogens (tertiary/aromatic N) is 1. The Labute approximate surface area is 158 Å². The van der Waals surface area contributed by atoms with E-state index in [0.29, 0.717) is 23.6 Å². The third-order valence-electron chi connectivity index (χ3n) is 4.51. The summed E-state index contributed by atoms with van der Waals surface area (Å²) in [5, 5.41) is 0.548. The minimum atomic E-state index is -3.10. The lowest BCUT2D eigenvalue weighted by Crippen LogP contribution is -2.40. The Morgan fingerprint density at radius 1 is 1.15 bits per heavy atom. The van der Waals surface area contributed by atoms with Gasteiger partial charge in [0, 0.05) is 23.2 Å². The number of hydrogen-bond donors (Lipinski definition) is 0. The van der Waals surface area contributed by atoms with E-state index in [4.69, 9.17) is 16.3 Å². The Hall–Kier alpha value is -2.05. The standard InChI is InChI=1S/C19H20ClNO4S/c1-25-18-8-2-14(3-9-18)12-21(17-10-11-26(23,24)13-17)19(22)15-4-6-16(20)7-5-15/h2-9,17H,10-13H2,1H3/t17-/m1/s1. The first kappa shape index (κ1) is 18.7. The first-order chi connectivity index (χ1) is 12.4. The Kier molecular flexibility index (Phi) is 5.53. The predicted octanol–water partition coefficient (Wildman–Crippen LogP) is 3.18. The molecule has 0 aliphatic carbocycles. The maximum absolute atomic E-state index is 13.0. The van der Waals surface area contributed by atoms with E-state index in [2.05, 4.69) is 0 Å². The van der Waals surface area contributed by atoms with Crippen molar-refractivity contribution in [2.24, 2.45) is 0 Å². The molecule has 0 spiro atoms. The molecule has 5 nitrogen and oxygen atoms in total. The van der Waals surface area contributed by atoms with Crippen LogP contribution in [0.5, 0.6) is 5.75 Å². The van der Waals surface area contributed by atoms with Gasteiger partial charge in [-0.15, -0.1) is 0 Å². The number of carbonyl (C=O) groups excluding carboxylic acids is 1. The van der Waals surface area contributed by atoms with Gasteiger partial charge in [0.15, 0.2) is 9.84 Å². The number of methoxy groups -OCH3 is 1. The molecular weight excluding hydrogens is 374 g/mol. The normalized spacial score (nSPS) is 18.5. The molecule has 1 aliphatic rings. The van der Waals surface area contributed by atoms with E-state index >= 15 is 0 Å². The average Bonchev–Trinajstić information content (AvgIpc) is 3.00. The maximum atomic E-state index is 13.0. The first-order valence-corrected chi connectivity index (χ1v) is 10.5. The van der Waals surface area contributed by atoms with Crippen molar-refractivity contribution >= 4 is 27.3 Å². The molecule has 1 saturated heterocycles. The van der Waals surface area contributed by atoms with E-state index in [-0.39, 0.29) is 23.5 Å². The minimum Gasteiger partial charge on any atom is -0.497 e. The van der Waals surface area contributed by atoms with Crippen molar-refractivity contribution in [1.29, 1.82) is 0 Å². The van der Waals surface area contributed by atoms with Crippen molar-refractivity contribution in [2.45, 2.75) is 19.0 Å². The van der Waals surface area contributed by atoms with Crippen LogP contribution < -0.4 is 4.74 Å². The van der Waals surface area contributed by atoms with Gasteiger partial charge in [-0.05, 0) is 48.4 Å². The van der Waals surface area contributed by atoms with Gasteiger partial charge in [0.1, 0.15) is 5.75 Å². The van der Waals surface area contributed by atoms with Gasteiger partial charge in [0.05, 0.1) is 18.6 Å². The smallest absolute Gasteiger partial charge is 0.254 e. The van der Waals surface area contributed by atoms with Gasteiger partial charge in [-0.2, -0.15) is 0 Å². The predicted molar refractivity (Wildman–Crippen MR) is 101 cm³/mol. The molecule has 0 N–H and O–H groups in total. The number of rotatable bonds is 5. The highest BCUT2D eigenvalue weighted by molar-refractivity contribution is 7.91. The molecule has 1 atom stereocenters. The highest BCUT2D eigenvalue weighted by Gasteiger charge is 2.35. The topological polar surface area (TPSA) is 63.7 Å². The summed E-state index contributed by atoms with van der Waals surface area (Å²) in [6.45, 7) is 0.339. The third kappa shape index (κ3) is 4.37. The van der Waals surface area contributed by atoms with Crippen LogP contribution in [0, 0.1) is 0 Å². The summed E-state index contributed by atoms with van der Waals surface area (Å²) in [6.07, 6.45) is 0.456. The van der Waals surface area contributed by atoms with E-state index in [9.17, 15) is 13.2 Å². The lowest BCUT2D eigenvalue weighted by atomic mass is 10.1. The van der Waals surface area contributed by atoms with E-state index in [0.717, 1.165) is 11.3 Å². The number of halogens is 1. The molecular formula is C19H20ClNO4S. The fraction of sp³-hybridized carbons (Fsp3) is 0.316. The SMILES string of the molecule is COc1ccc(CN(C(=O)c2ccc(Cl)cc2)[C@@H]2CCS(=O)(=O)C2)cc1. The molecule has 3 rings (SSSR count). The van der Waals surface area contributed by atoms with Crippen molar-refractivity contribution in [3.8, 4) is 5.75 Å². The molecule has 1 heterocycles. The molecule has 1 aliphatic heterocycles. The van der Waals surface area contributed by atoms with Crippen LogP contribution in [0.3, 0.4) is 0 Å². The lowest BCUT2D eigenvalue weighted by molar-refractivity contribution is 0.0681. The van der Waals surface area contributed by atoms with Gasteiger partial charge in [0.2, 0.25) is 0 Å². The fourth-order valence-corrected chi connectivity index (χ4v) is 4.93. The summed E-state index contributed by atoms with van der Waals surface area (Å²) < 4.78 is 29.0. The number of ether oxygens (including phenoxy) is 1. The van der Waals surface area contributed by atoms with Crippen LogP contribution in [-0.4, -0.2) is 43.9 Å². The summed E-state index contributed by atoms with van der Waals surface area (Å²) in [4.78, 5) is 14.7. The Morgan fingerprint density at radius 3 is 2.35 bits per heavy atom. The van der Waals surface area contributed by atoms with Crippen LogP contribution in [-0.2, 0) is 16.4 Å².